The van der Waals surface area contributed by atoms with Crippen LogP contribution in [-0.4, -0.2) is 46.2 Å². The van der Waals surface area contributed by atoms with Gasteiger partial charge in [-0.05, 0) is 24.1 Å². The zero-order valence-corrected chi connectivity index (χ0v) is 21.2. The number of carboxylic acid groups (broad SMARTS) is 1. The van der Waals surface area contributed by atoms with E-state index in [2.05, 4.69) is 36.2 Å². The highest BCUT2D eigenvalue weighted by Crippen LogP contribution is 2.13. The fourth-order valence-corrected chi connectivity index (χ4v) is 4.00. The molecule has 0 aromatic heterocycles. The molecule has 0 bridgehead atoms. The van der Waals surface area contributed by atoms with Crippen LogP contribution in [-0.2, 0) is 6.61 Å². The van der Waals surface area contributed by atoms with Gasteiger partial charge in [0.2, 0.25) is 0 Å². The first-order valence-electron chi connectivity index (χ1n) is 13.1. The molecule has 1 aliphatic rings. The quantitative estimate of drug-likeness (QED) is 0.245. The van der Waals surface area contributed by atoms with Crippen molar-refractivity contribution >= 4 is 5.97 Å². The van der Waals surface area contributed by atoms with Crippen LogP contribution in [0, 0.1) is 0 Å². The summed E-state index contributed by atoms with van der Waals surface area (Å²) in [6.45, 7) is 4.55. The molecule has 0 spiro atoms. The number of nitrogens with zero attached hydrogens (tertiary/aromatic N) is 2. The number of unbranched alkanes of at least 4 members (excludes halogenated alkanes) is 13. The van der Waals surface area contributed by atoms with E-state index in [1.165, 1.54) is 109 Å². The SMILES string of the molecule is CCCCCCCCCCCCCCCCN1C=CN(C)C1.O=C(O)c1ccc(CO)cc1. The molecule has 2 rings (SSSR count). The summed E-state index contributed by atoms with van der Waals surface area (Å²) in [5.41, 5.74) is 0.956. The fourth-order valence-electron chi connectivity index (χ4n) is 4.00. The second-order valence-corrected chi connectivity index (χ2v) is 9.27. The minimum absolute atomic E-state index is 0.0557. The molecule has 0 saturated heterocycles. The molecule has 0 aliphatic carbocycles. The number of carboxylic acids is 1. The van der Waals surface area contributed by atoms with Gasteiger partial charge in [-0.25, -0.2) is 4.79 Å². The molecule has 1 aromatic carbocycles. The van der Waals surface area contributed by atoms with Crippen LogP contribution in [0.4, 0.5) is 0 Å². The maximum absolute atomic E-state index is 10.3. The molecule has 0 radical (unpaired) electrons. The van der Waals surface area contributed by atoms with Crippen molar-refractivity contribution in [2.45, 2.75) is 103 Å². The summed E-state index contributed by atoms with van der Waals surface area (Å²) in [7, 11) is 2.14. The smallest absolute Gasteiger partial charge is 0.335 e. The van der Waals surface area contributed by atoms with Crippen LogP contribution in [0.3, 0.4) is 0 Å². The Hall–Kier alpha value is -2.01. The van der Waals surface area contributed by atoms with Crippen LogP contribution in [0.5, 0.6) is 0 Å². The van der Waals surface area contributed by atoms with Crippen LogP contribution in [0.15, 0.2) is 36.7 Å². The van der Waals surface area contributed by atoms with Crippen molar-refractivity contribution in [3.05, 3.63) is 47.8 Å². The summed E-state index contributed by atoms with van der Waals surface area (Å²) >= 11 is 0. The molecule has 33 heavy (non-hydrogen) atoms. The molecule has 0 atom stereocenters. The predicted octanol–water partition coefficient (Wildman–Crippen LogP) is 7.02. The Balaban J connectivity index is 0.000000412. The van der Waals surface area contributed by atoms with Crippen LogP contribution in [0.25, 0.3) is 0 Å². The van der Waals surface area contributed by atoms with E-state index in [4.69, 9.17) is 10.2 Å². The molecule has 1 heterocycles. The Bertz CT molecular complexity index is 631. The van der Waals surface area contributed by atoms with Crippen LogP contribution in [0.1, 0.15) is 113 Å². The van der Waals surface area contributed by atoms with Gasteiger partial charge in [0.05, 0.1) is 18.8 Å². The second-order valence-electron chi connectivity index (χ2n) is 9.27. The number of aromatic carboxylic acids is 1. The highest BCUT2D eigenvalue weighted by molar-refractivity contribution is 5.87. The maximum Gasteiger partial charge on any atom is 0.335 e. The lowest BCUT2D eigenvalue weighted by Crippen LogP contribution is -2.23. The number of benzene rings is 1. The van der Waals surface area contributed by atoms with Gasteiger partial charge in [0.1, 0.15) is 0 Å². The lowest BCUT2D eigenvalue weighted by Gasteiger charge is -2.17. The molecule has 188 valence electrons. The van der Waals surface area contributed by atoms with Crippen LogP contribution >= 0.6 is 0 Å². The zero-order chi connectivity index (χ0) is 24.2. The van der Waals surface area contributed by atoms with Crippen molar-refractivity contribution in [3.63, 3.8) is 0 Å². The van der Waals surface area contributed by atoms with Gasteiger partial charge >= 0.3 is 5.97 Å². The highest BCUT2D eigenvalue weighted by atomic mass is 16.4. The predicted molar refractivity (Wildman–Crippen MR) is 138 cm³/mol. The number of hydrogen-bond donors (Lipinski definition) is 2. The third-order valence-electron chi connectivity index (χ3n) is 6.12. The normalized spacial score (nSPS) is 12.7. The lowest BCUT2D eigenvalue weighted by molar-refractivity contribution is 0.0696. The Morgan fingerprint density at radius 2 is 1.27 bits per heavy atom. The average molecular weight is 461 g/mol. The average Bonchev–Trinajstić information content (AvgIpc) is 3.24. The fraction of sp³-hybridized carbons (Fsp3) is 0.679. The van der Waals surface area contributed by atoms with E-state index in [0.717, 1.165) is 12.2 Å². The standard InChI is InChI=1S/C20H40N2.C8H8O3/c1-3-4-5-6-7-8-9-10-11-12-13-14-15-16-17-22-19-18-21(2)20-22;9-5-6-1-3-7(4-2-6)8(10)11/h18-19H,3-17,20H2,1-2H3;1-4,9H,5H2,(H,10,11). The van der Waals surface area contributed by atoms with E-state index in [9.17, 15) is 4.79 Å². The van der Waals surface area contributed by atoms with Crippen molar-refractivity contribution in [3.8, 4) is 0 Å². The first-order chi connectivity index (χ1) is 16.1. The maximum atomic E-state index is 10.3. The molecule has 0 fully saturated rings. The molecule has 5 heteroatoms. The van der Waals surface area contributed by atoms with E-state index in [1.807, 2.05) is 0 Å². The van der Waals surface area contributed by atoms with Crippen LogP contribution in [0.2, 0.25) is 0 Å². The minimum Gasteiger partial charge on any atom is -0.478 e. The molecule has 0 saturated carbocycles. The van der Waals surface area contributed by atoms with E-state index < -0.39 is 5.97 Å². The second kappa shape index (κ2) is 19.5. The number of rotatable bonds is 17. The van der Waals surface area contributed by atoms with Crippen molar-refractivity contribution in [2.75, 3.05) is 20.3 Å². The molecule has 1 aromatic rings. The Morgan fingerprint density at radius 1 is 0.788 bits per heavy atom. The number of aliphatic hydroxyl groups excluding tert-OH is 1. The first-order valence-corrected chi connectivity index (χ1v) is 13.1. The summed E-state index contributed by atoms with van der Waals surface area (Å²) in [4.78, 5) is 15.0. The molecule has 2 N–H and O–H groups in total. The van der Waals surface area contributed by atoms with Gasteiger partial charge in [-0.2, -0.15) is 0 Å². The van der Waals surface area contributed by atoms with E-state index in [1.54, 1.807) is 12.1 Å². The van der Waals surface area contributed by atoms with Crippen molar-refractivity contribution in [2.24, 2.45) is 0 Å². The Morgan fingerprint density at radius 3 is 1.67 bits per heavy atom. The molecule has 1 aliphatic heterocycles. The largest absolute Gasteiger partial charge is 0.478 e. The molecule has 0 unspecified atom stereocenters. The van der Waals surface area contributed by atoms with Crippen molar-refractivity contribution in [1.82, 2.24) is 9.80 Å². The number of hydrogen-bond acceptors (Lipinski definition) is 4. The van der Waals surface area contributed by atoms with Gasteiger partial charge < -0.3 is 20.0 Å². The number of aliphatic hydroxyl groups is 1. The molecular weight excluding hydrogens is 412 g/mol. The summed E-state index contributed by atoms with van der Waals surface area (Å²) in [6.07, 6.45) is 24.6. The summed E-state index contributed by atoms with van der Waals surface area (Å²) < 4.78 is 0. The van der Waals surface area contributed by atoms with E-state index in [-0.39, 0.29) is 12.2 Å². The van der Waals surface area contributed by atoms with Gasteiger partial charge in [0.15, 0.2) is 0 Å². The third-order valence-corrected chi connectivity index (χ3v) is 6.12. The molecular formula is C28H48N2O3. The van der Waals surface area contributed by atoms with Crippen molar-refractivity contribution < 1.29 is 15.0 Å². The van der Waals surface area contributed by atoms with Gasteiger partial charge in [-0.15, -0.1) is 0 Å². The number of carbonyl (C=O) groups is 1. The van der Waals surface area contributed by atoms with Gasteiger partial charge in [0, 0.05) is 26.0 Å². The Labute approximate surface area is 202 Å². The summed E-state index contributed by atoms with van der Waals surface area (Å²) in [6, 6.07) is 6.11. The van der Waals surface area contributed by atoms with Gasteiger partial charge in [-0.3, -0.25) is 0 Å². The van der Waals surface area contributed by atoms with Crippen molar-refractivity contribution in [1.29, 1.82) is 0 Å². The monoisotopic (exact) mass is 460 g/mol. The Kier molecular flexibility index (Phi) is 17.1. The summed E-state index contributed by atoms with van der Waals surface area (Å²) in [5.74, 6) is -0.950. The van der Waals surface area contributed by atoms with Gasteiger partial charge in [-0.1, -0.05) is 103 Å². The summed E-state index contributed by atoms with van der Waals surface area (Å²) in [5, 5.41) is 17.1. The minimum atomic E-state index is -0.950. The zero-order valence-electron chi connectivity index (χ0n) is 21.2. The topological polar surface area (TPSA) is 64.0 Å². The highest BCUT2D eigenvalue weighted by Gasteiger charge is 2.06. The first kappa shape index (κ1) is 29.0. The molecule has 5 nitrogen and oxygen atoms in total. The van der Waals surface area contributed by atoms with E-state index in [0.29, 0.717) is 0 Å². The third kappa shape index (κ3) is 15.5. The molecule has 0 amide bonds. The lowest BCUT2D eigenvalue weighted by atomic mass is 10.0. The van der Waals surface area contributed by atoms with Gasteiger partial charge in [0.25, 0.3) is 0 Å². The van der Waals surface area contributed by atoms with E-state index >= 15 is 0 Å². The van der Waals surface area contributed by atoms with Crippen LogP contribution < -0.4 is 0 Å².